The number of aromatic nitrogens is 2. The molecule has 2 rings (SSSR count). The monoisotopic (exact) mass is 252 g/mol. The standard InChI is InChI=1S/C13H24N4O/c1-14-8-5-7-13-15-12(16-18-13)10-11-6-3-4-9-17(11)2/h11,14H,3-10H2,1-2H3. The summed E-state index contributed by atoms with van der Waals surface area (Å²) in [6.45, 7) is 2.18. The molecule has 1 fully saturated rings. The molecule has 1 aliphatic heterocycles. The summed E-state index contributed by atoms with van der Waals surface area (Å²) in [5.41, 5.74) is 0. The van der Waals surface area contributed by atoms with E-state index in [0.717, 1.165) is 37.5 Å². The van der Waals surface area contributed by atoms with Crippen molar-refractivity contribution in [2.45, 2.75) is 44.6 Å². The fourth-order valence-electron chi connectivity index (χ4n) is 2.50. The van der Waals surface area contributed by atoms with Gasteiger partial charge in [0.1, 0.15) is 0 Å². The molecule has 1 atom stereocenters. The third kappa shape index (κ3) is 3.78. The Hall–Kier alpha value is -0.940. The number of hydrogen-bond acceptors (Lipinski definition) is 5. The summed E-state index contributed by atoms with van der Waals surface area (Å²) in [6, 6.07) is 0.585. The van der Waals surface area contributed by atoms with Gasteiger partial charge in [-0.2, -0.15) is 4.98 Å². The Labute approximate surface area is 109 Å². The molecule has 0 bridgehead atoms. The SMILES string of the molecule is CNCCCc1nc(CC2CCCCN2C)no1. The number of likely N-dealkylation sites (tertiary alicyclic amines) is 1. The van der Waals surface area contributed by atoms with Crippen molar-refractivity contribution in [2.24, 2.45) is 0 Å². The van der Waals surface area contributed by atoms with Gasteiger partial charge in [-0.05, 0) is 46.4 Å². The van der Waals surface area contributed by atoms with Crippen LogP contribution in [-0.4, -0.2) is 48.3 Å². The van der Waals surface area contributed by atoms with Crippen LogP contribution < -0.4 is 5.32 Å². The van der Waals surface area contributed by atoms with Crippen molar-refractivity contribution in [1.29, 1.82) is 0 Å². The number of nitrogens with one attached hydrogen (secondary N) is 1. The van der Waals surface area contributed by atoms with Gasteiger partial charge in [-0.3, -0.25) is 0 Å². The molecule has 0 aromatic carbocycles. The molecule has 5 heteroatoms. The highest BCUT2D eigenvalue weighted by atomic mass is 16.5. The fourth-order valence-corrected chi connectivity index (χ4v) is 2.50. The third-order valence-corrected chi connectivity index (χ3v) is 3.67. The van der Waals surface area contributed by atoms with E-state index >= 15 is 0 Å². The van der Waals surface area contributed by atoms with E-state index in [1.54, 1.807) is 0 Å². The molecule has 0 aliphatic carbocycles. The molecule has 1 aliphatic rings. The zero-order valence-electron chi connectivity index (χ0n) is 11.5. The number of nitrogens with zero attached hydrogens (tertiary/aromatic N) is 3. The highest BCUT2D eigenvalue weighted by Gasteiger charge is 2.21. The third-order valence-electron chi connectivity index (χ3n) is 3.67. The highest BCUT2D eigenvalue weighted by Crippen LogP contribution is 2.18. The molecule has 1 N–H and O–H groups in total. The van der Waals surface area contributed by atoms with E-state index in [2.05, 4.69) is 27.4 Å². The van der Waals surface area contributed by atoms with Gasteiger partial charge in [0, 0.05) is 18.9 Å². The highest BCUT2D eigenvalue weighted by molar-refractivity contribution is 4.92. The van der Waals surface area contributed by atoms with Crippen molar-refractivity contribution >= 4 is 0 Å². The molecule has 0 spiro atoms. The van der Waals surface area contributed by atoms with Crippen LogP contribution in [0.4, 0.5) is 0 Å². The number of piperidine rings is 1. The molecular weight excluding hydrogens is 228 g/mol. The Bertz CT molecular complexity index is 353. The van der Waals surface area contributed by atoms with Crippen molar-refractivity contribution in [3.63, 3.8) is 0 Å². The zero-order valence-corrected chi connectivity index (χ0v) is 11.5. The molecule has 2 heterocycles. The van der Waals surface area contributed by atoms with Gasteiger partial charge in [0.2, 0.25) is 5.89 Å². The first kappa shape index (κ1) is 13.5. The maximum absolute atomic E-state index is 5.28. The van der Waals surface area contributed by atoms with Gasteiger partial charge in [0.25, 0.3) is 0 Å². The van der Waals surface area contributed by atoms with E-state index in [4.69, 9.17) is 4.52 Å². The number of hydrogen-bond donors (Lipinski definition) is 1. The second-order valence-electron chi connectivity index (χ2n) is 5.15. The van der Waals surface area contributed by atoms with E-state index in [-0.39, 0.29) is 0 Å². The topological polar surface area (TPSA) is 54.2 Å². The lowest BCUT2D eigenvalue weighted by Crippen LogP contribution is -2.37. The quantitative estimate of drug-likeness (QED) is 0.772. The first-order valence-electron chi connectivity index (χ1n) is 6.96. The molecule has 0 radical (unpaired) electrons. The summed E-state index contributed by atoms with van der Waals surface area (Å²) in [4.78, 5) is 6.90. The van der Waals surface area contributed by atoms with E-state index < -0.39 is 0 Å². The molecule has 1 saturated heterocycles. The predicted octanol–water partition coefficient (Wildman–Crippen LogP) is 1.25. The van der Waals surface area contributed by atoms with Crippen LogP contribution in [0.5, 0.6) is 0 Å². The molecular formula is C13H24N4O. The second-order valence-corrected chi connectivity index (χ2v) is 5.15. The van der Waals surface area contributed by atoms with E-state index in [9.17, 15) is 0 Å². The largest absolute Gasteiger partial charge is 0.339 e. The van der Waals surface area contributed by atoms with Crippen molar-refractivity contribution in [1.82, 2.24) is 20.4 Å². The van der Waals surface area contributed by atoms with Gasteiger partial charge in [0.05, 0.1) is 0 Å². The number of rotatable bonds is 6. The normalized spacial score (nSPS) is 21.3. The molecule has 5 nitrogen and oxygen atoms in total. The Kier molecular flexibility index (Phi) is 5.13. The zero-order chi connectivity index (χ0) is 12.8. The van der Waals surface area contributed by atoms with Gasteiger partial charge in [-0.1, -0.05) is 11.6 Å². The van der Waals surface area contributed by atoms with Gasteiger partial charge >= 0.3 is 0 Å². The van der Waals surface area contributed by atoms with Gasteiger partial charge in [0.15, 0.2) is 5.82 Å². The minimum atomic E-state index is 0.585. The van der Waals surface area contributed by atoms with E-state index in [1.807, 2.05) is 7.05 Å². The molecule has 1 aromatic rings. The van der Waals surface area contributed by atoms with Crippen molar-refractivity contribution in [3.05, 3.63) is 11.7 Å². The summed E-state index contributed by atoms with van der Waals surface area (Å²) >= 11 is 0. The molecule has 0 amide bonds. The van der Waals surface area contributed by atoms with Gasteiger partial charge < -0.3 is 14.7 Å². The summed E-state index contributed by atoms with van der Waals surface area (Å²) < 4.78 is 5.28. The Balaban J connectivity index is 1.82. The first-order valence-corrected chi connectivity index (χ1v) is 6.96. The Morgan fingerprint density at radius 3 is 3.11 bits per heavy atom. The maximum atomic E-state index is 5.28. The lowest BCUT2D eigenvalue weighted by atomic mass is 10.00. The minimum Gasteiger partial charge on any atom is -0.339 e. The van der Waals surface area contributed by atoms with Crippen molar-refractivity contribution < 1.29 is 4.52 Å². The Morgan fingerprint density at radius 1 is 1.44 bits per heavy atom. The number of likely N-dealkylation sites (N-methyl/N-ethyl adjacent to an activating group) is 1. The molecule has 102 valence electrons. The molecule has 1 aromatic heterocycles. The molecule has 1 unspecified atom stereocenters. The van der Waals surface area contributed by atoms with Gasteiger partial charge in [-0.15, -0.1) is 0 Å². The van der Waals surface area contributed by atoms with Gasteiger partial charge in [-0.25, -0.2) is 0 Å². The predicted molar refractivity (Wildman–Crippen MR) is 70.5 cm³/mol. The maximum Gasteiger partial charge on any atom is 0.226 e. The second kappa shape index (κ2) is 6.85. The summed E-state index contributed by atoms with van der Waals surface area (Å²) in [7, 11) is 4.15. The van der Waals surface area contributed by atoms with Crippen LogP contribution >= 0.6 is 0 Å². The van der Waals surface area contributed by atoms with Crippen LogP contribution in [0.2, 0.25) is 0 Å². The lowest BCUT2D eigenvalue weighted by molar-refractivity contribution is 0.181. The minimum absolute atomic E-state index is 0.585. The van der Waals surface area contributed by atoms with Crippen LogP contribution in [-0.2, 0) is 12.8 Å². The summed E-state index contributed by atoms with van der Waals surface area (Å²) in [5, 5.41) is 7.21. The molecule has 0 saturated carbocycles. The van der Waals surface area contributed by atoms with Crippen LogP contribution in [0.25, 0.3) is 0 Å². The van der Waals surface area contributed by atoms with Crippen LogP contribution in [0.1, 0.15) is 37.4 Å². The number of aryl methyl sites for hydroxylation is 1. The fraction of sp³-hybridized carbons (Fsp3) is 0.846. The van der Waals surface area contributed by atoms with Crippen LogP contribution in [0.15, 0.2) is 4.52 Å². The van der Waals surface area contributed by atoms with E-state index in [1.165, 1.54) is 25.8 Å². The average molecular weight is 252 g/mol. The van der Waals surface area contributed by atoms with Crippen LogP contribution in [0.3, 0.4) is 0 Å². The summed E-state index contributed by atoms with van der Waals surface area (Å²) in [6.07, 6.45) is 6.72. The average Bonchev–Trinajstić information content (AvgIpc) is 2.80. The Morgan fingerprint density at radius 2 is 2.33 bits per heavy atom. The summed E-state index contributed by atoms with van der Waals surface area (Å²) in [5.74, 6) is 1.65. The van der Waals surface area contributed by atoms with E-state index in [0.29, 0.717) is 6.04 Å². The lowest BCUT2D eigenvalue weighted by Gasteiger charge is -2.31. The van der Waals surface area contributed by atoms with Crippen molar-refractivity contribution in [3.8, 4) is 0 Å². The smallest absolute Gasteiger partial charge is 0.226 e. The first-order chi connectivity index (χ1) is 8.79. The molecule has 18 heavy (non-hydrogen) atoms. The van der Waals surface area contributed by atoms with Crippen molar-refractivity contribution in [2.75, 3.05) is 27.2 Å². The van der Waals surface area contributed by atoms with Crippen LogP contribution in [0, 0.1) is 0 Å².